The summed E-state index contributed by atoms with van der Waals surface area (Å²) in [6, 6.07) is 5.80. The molecule has 1 aromatic carbocycles. The van der Waals surface area contributed by atoms with Crippen molar-refractivity contribution in [2.24, 2.45) is 0 Å². The van der Waals surface area contributed by atoms with Crippen LogP contribution in [0, 0.1) is 0 Å². The third-order valence-corrected chi connectivity index (χ3v) is 3.39. The van der Waals surface area contributed by atoms with Crippen molar-refractivity contribution in [1.82, 2.24) is 0 Å². The van der Waals surface area contributed by atoms with Gasteiger partial charge in [0.15, 0.2) is 0 Å². The summed E-state index contributed by atoms with van der Waals surface area (Å²) in [4.78, 5) is 8.00. The third-order valence-electron chi connectivity index (χ3n) is 3.39. The molecular formula is C18H28O2. The van der Waals surface area contributed by atoms with Crippen molar-refractivity contribution in [3.63, 3.8) is 0 Å². The van der Waals surface area contributed by atoms with Gasteiger partial charge in [0.25, 0.3) is 0 Å². The predicted molar refractivity (Wildman–Crippen MR) is 86.2 cm³/mol. The van der Waals surface area contributed by atoms with Crippen molar-refractivity contribution >= 4 is 6.79 Å². The van der Waals surface area contributed by atoms with Crippen molar-refractivity contribution in [3.05, 3.63) is 42.0 Å². The van der Waals surface area contributed by atoms with Crippen LogP contribution in [-0.2, 0) is 17.6 Å². The minimum atomic E-state index is 0.447. The lowest BCUT2D eigenvalue weighted by molar-refractivity contribution is -0.0979. The molecule has 0 amide bonds. The number of rotatable bonds is 9. The molecule has 1 aromatic rings. The van der Waals surface area contributed by atoms with Gasteiger partial charge < -0.3 is 9.90 Å². The standard InChI is InChI=1S/C17H26O.CH2O/c1-3-5-6-7-8-9-13-16-15(11-4-2)12-10-14-17(16)18;1-2/h4,10,12,14,18H,2-3,5-9,11,13H2,1H3;1H2. The number of phenols is 1. The van der Waals surface area contributed by atoms with Gasteiger partial charge in [0.2, 0.25) is 0 Å². The summed E-state index contributed by atoms with van der Waals surface area (Å²) < 4.78 is 0. The van der Waals surface area contributed by atoms with E-state index in [1.165, 1.54) is 44.1 Å². The number of hydrogen-bond acceptors (Lipinski definition) is 2. The first-order valence-corrected chi connectivity index (χ1v) is 7.49. The number of carbonyl (C=O) groups is 1. The lowest BCUT2D eigenvalue weighted by atomic mass is 9.97. The lowest BCUT2D eigenvalue weighted by Gasteiger charge is -2.10. The second-order valence-electron chi connectivity index (χ2n) is 4.93. The summed E-state index contributed by atoms with van der Waals surface area (Å²) in [5, 5.41) is 9.92. The number of hydrogen-bond donors (Lipinski definition) is 1. The van der Waals surface area contributed by atoms with Crippen molar-refractivity contribution < 1.29 is 9.90 Å². The summed E-state index contributed by atoms with van der Waals surface area (Å²) in [7, 11) is 0. The molecule has 112 valence electrons. The minimum absolute atomic E-state index is 0.447. The average molecular weight is 276 g/mol. The molecule has 0 saturated heterocycles. The van der Waals surface area contributed by atoms with Crippen LogP contribution in [0.1, 0.15) is 56.6 Å². The fraction of sp³-hybridized carbons (Fsp3) is 0.500. The number of allylic oxidation sites excluding steroid dienone is 1. The number of phenolic OH excluding ortho intramolecular Hbond substituents is 1. The Bertz CT molecular complexity index is 372. The maximum Gasteiger partial charge on any atom is 0.119 e. The normalized spacial score (nSPS) is 9.65. The molecule has 0 fully saturated rings. The number of aromatic hydroxyl groups is 1. The highest BCUT2D eigenvalue weighted by atomic mass is 16.3. The molecule has 2 nitrogen and oxygen atoms in total. The number of carbonyl (C=O) groups excluding carboxylic acids is 1. The number of unbranched alkanes of at least 4 members (excludes halogenated alkanes) is 5. The zero-order valence-electron chi connectivity index (χ0n) is 12.7. The van der Waals surface area contributed by atoms with Gasteiger partial charge in [-0.15, -0.1) is 6.58 Å². The SMILES string of the molecule is C=CCc1cccc(O)c1CCCCCCCC.C=O. The monoisotopic (exact) mass is 276 g/mol. The van der Waals surface area contributed by atoms with Crippen LogP contribution in [-0.4, -0.2) is 11.9 Å². The van der Waals surface area contributed by atoms with Gasteiger partial charge in [0.1, 0.15) is 12.5 Å². The zero-order chi connectivity index (χ0) is 15.2. The third kappa shape index (κ3) is 7.13. The Morgan fingerprint density at radius 2 is 1.75 bits per heavy atom. The fourth-order valence-electron chi connectivity index (χ4n) is 2.34. The Labute approximate surface area is 123 Å². The van der Waals surface area contributed by atoms with Gasteiger partial charge in [-0.05, 0) is 36.5 Å². The molecule has 0 heterocycles. The summed E-state index contributed by atoms with van der Waals surface area (Å²) in [5.74, 6) is 0.447. The summed E-state index contributed by atoms with van der Waals surface area (Å²) >= 11 is 0. The van der Waals surface area contributed by atoms with E-state index in [4.69, 9.17) is 4.79 Å². The molecule has 0 aliphatic carbocycles. The highest BCUT2D eigenvalue weighted by Crippen LogP contribution is 2.24. The predicted octanol–water partition coefficient (Wildman–Crippen LogP) is 4.84. The second-order valence-corrected chi connectivity index (χ2v) is 4.93. The molecule has 1 rings (SSSR count). The molecule has 20 heavy (non-hydrogen) atoms. The van der Waals surface area contributed by atoms with Crippen molar-refractivity contribution in [2.75, 3.05) is 0 Å². The second kappa shape index (κ2) is 12.5. The first-order chi connectivity index (χ1) is 9.79. The van der Waals surface area contributed by atoms with E-state index in [9.17, 15) is 5.11 Å². The summed E-state index contributed by atoms with van der Waals surface area (Å²) in [5.41, 5.74) is 2.34. The summed E-state index contributed by atoms with van der Waals surface area (Å²) in [6.07, 6.45) is 11.5. The van der Waals surface area contributed by atoms with E-state index in [0.29, 0.717) is 5.75 Å². The Hall–Kier alpha value is -1.57. The lowest BCUT2D eigenvalue weighted by Crippen LogP contribution is -1.94. The van der Waals surface area contributed by atoms with Crippen molar-refractivity contribution in [1.29, 1.82) is 0 Å². The van der Waals surface area contributed by atoms with Crippen LogP contribution in [0.3, 0.4) is 0 Å². The first kappa shape index (κ1) is 18.4. The maximum absolute atomic E-state index is 9.92. The Balaban J connectivity index is 0.00000172. The average Bonchev–Trinajstić information content (AvgIpc) is 2.47. The van der Waals surface area contributed by atoms with E-state index in [1.807, 2.05) is 18.9 Å². The van der Waals surface area contributed by atoms with Crippen LogP contribution in [0.4, 0.5) is 0 Å². The molecule has 0 atom stereocenters. The van der Waals surface area contributed by atoms with Crippen LogP contribution < -0.4 is 0 Å². The molecule has 0 radical (unpaired) electrons. The van der Waals surface area contributed by atoms with E-state index in [-0.39, 0.29) is 0 Å². The van der Waals surface area contributed by atoms with Gasteiger partial charge in [-0.3, -0.25) is 0 Å². The minimum Gasteiger partial charge on any atom is -0.508 e. The Morgan fingerprint density at radius 1 is 1.10 bits per heavy atom. The molecule has 0 aliphatic heterocycles. The molecule has 0 aliphatic rings. The van der Waals surface area contributed by atoms with Crippen molar-refractivity contribution in [2.45, 2.75) is 58.3 Å². The number of benzene rings is 1. The zero-order valence-corrected chi connectivity index (χ0v) is 12.7. The highest BCUT2D eigenvalue weighted by molar-refractivity contribution is 5.40. The van der Waals surface area contributed by atoms with E-state index >= 15 is 0 Å². The van der Waals surface area contributed by atoms with Gasteiger partial charge in [-0.2, -0.15) is 0 Å². The van der Waals surface area contributed by atoms with Gasteiger partial charge in [-0.1, -0.05) is 57.2 Å². The van der Waals surface area contributed by atoms with Crippen molar-refractivity contribution in [3.8, 4) is 5.75 Å². The fourth-order valence-corrected chi connectivity index (χ4v) is 2.34. The maximum atomic E-state index is 9.92. The molecular weight excluding hydrogens is 248 g/mol. The largest absolute Gasteiger partial charge is 0.508 e. The van der Waals surface area contributed by atoms with Gasteiger partial charge in [-0.25, -0.2) is 0 Å². The van der Waals surface area contributed by atoms with E-state index in [1.54, 1.807) is 6.07 Å². The van der Waals surface area contributed by atoms with E-state index < -0.39 is 0 Å². The molecule has 2 heteroatoms. The van der Waals surface area contributed by atoms with Crippen LogP contribution in [0.25, 0.3) is 0 Å². The van der Waals surface area contributed by atoms with Gasteiger partial charge in [0.05, 0.1) is 0 Å². The topological polar surface area (TPSA) is 37.3 Å². The van der Waals surface area contributed by atoms with E-state index in [2.05, 4.69) is 19.6 Å². The smallest absolute Gasteiger partial charge is 0.119 e. The Morgan fingerprint density at radius 3 is 2.40 bits per heavy atom. The first-order valence-electron chi connectivity index (χ1n) is 7.49. The molecule has 0 spiro atoms. The van der Waals surface area contributed by atoms with E-state index in [0.717, 1.165) is 18.4 Å². The van der Waals surface area contributed by atoms with Crippen LogP contribution in [0.2, 0.25) is 0 Å². The van der Waals surface area contributed by atoms with Crippen LogP contribution in [0.15, 0.2) is 30.9 Å². The molecule has 0 aromatic heterocycles. The van der Waals surface area contributed by atoms with Gasteiger partial charge >= 0.3 is 0 Å². The van der Waals surface area contributed by atoms with Gasteiger partial charge in [0, 0.05) is 0 Å². The molecule has 0 unspecified atom stereocenters. The molecule has 1 N–H and O–H groups in total. The van der Waals surface area contributed by atoms with Crippen LogP contribution >= 0.6 is 0 Å². The van der Waals surface area contributed by atoms with Crippen LogP contribution in [0.5, 0.6) is 5.75 Å². The molecule has 0 bridgehead atoms. The quantitative estimate of drug-likeness (QED) is 0.517. The molecule has 0 saturated carbocycles. The Kier molecular flexibility index (Phi) is 11.5. The highest BCUT2D eigenvalue weighted by Gasteiger charge is 2.06. The summed E-state index contributed by atoms with van der Waals surface area (Å²) in [6.45, 7) is 8.01.